The second kappa shape index (κ2) is 7.30. The van der Waals surface area contributed by atoms with Crippen LogP contribution in [0.25, 0.3) is 0 Å². The zero-order valence-electron chi connectivity index (χ0n) is 10.9. The predicted octanol–water partition coefficient (Wildman–Crippen LogP) is 2.33. The molecule has 96 valence electrons. The third kappa shape index (κ3) is 5.71. The molecule has 17 heavy (non-hydrogen) atoms. The second-order valence-electron chi connectivity index (χ2n) is 4.44. The highest BCUT2D eigenvalue weighted by Crippen LogP contribution is 2.12. The van der Waals surface area contributed by atoms with Crippen molar-refractivity contribution in [3.8, 4) is 5.75 Å². The van der Waals surface area contributed by atoms with Crippen molar-refractivity contribution in [1.29, 1.82) is 0 Å². The molecule has 2 atom stereocenters. The normalized spacial score (nSPS) is 14.4. The van der Waals surface area contributed by atoms with Gasteiger partial charge in [0.15, 0.2) is 0 Å². The van der Waals surface area contributed by atoms with Crippen molar-refractivity contribution >= 4 is 0 Å². The first-order chi connectivity index (χ1) is 8.11. The molecule has 1 aromatic carbocycles. The minimum atomic E-state index is -0.252. The van der Waals surface area contributed by atoms with E-state index < -0.39 is 0 Å². The molecular formula is C14H23NO2. The first kappa shape index (κ1) is 14.0. The lowest BCUT2D eigenvalue weighted by atomic mass is 10.1. The van der Waals surface area contributed by atoms with Crippen molar-refractivity contribution < 1.29 is 9.84 Å². The molecule has 0 heterocycles. The molecule has 0 spiro atoms. The maximum atomic E-state index is 9.26. The van der Waals surface area contributed by atoms with Crippen molar-refractivity contribution in [2.75, 3.05) is 6.61 Å². The molecule has 0 aromatic heterocycles. The molecule has 0 aliphatic rings. The fourth-order valence-corrected chi connectivity index (χ4v) is 1.76. The number of hydrogen-bond donors (Lipinski definition) is 2. The average Bonchev–Trinajstić information content (AvgIpc) is 2.28. The minimum absolute atomic E-state index is 0.252. The summed E-state index contributed by atoms with van der Waals surface area (Å²) in [4.78, 5) is 0. The molecule has 2 N–H and O–H groups in total. The third-order valence-electron chi connectivity index (χ3n) is 2.58. The van der Waals surface area contributed by atoms with E-state index in [1.165, 1.54) is 5.56 Å². The number of ether oxygens (including phenoxy) is 1. The molecule has 0 radical (unpaired) electrons. The van der Waals surface area contributed by atoms with Crippen LogP contribution in [0.1, 0.15) is 32.8 Å². The van der Waals surface area contributed by atoms with Gasteiger partial charge in [0, 0.05) is 12.6 Å². The molecule has 3 heteroatoms. The van der Waals surface area contributed by atoms with Crippen molar-refractivity contribution in [2.45, 2.75) is 45.9 Å². The monoisotopic (exact) mass is 237 g/mol. The molecule has 0 saturated heterocycles. The van der Waals surface area contributed by atoms with Gasteiger partial charge in [-0.25, -0.2) is 0 Å². The molecule has 0 aliphatic heterocycles. The zero-order valence-corrected chi connectivity index (χ0v) is 10.9. The van der Waals surface area contributed by atoms with E-state index >= 15 is 0 Å². The summed E-state index contributed by atoms with van der Waals surface area (Å²) in [6.45, 7) is 7.40. The Morgan fingerprint density at radius 2 is 1.88 bits per heavy atom. The van der Waals surface area contributed by atoms with E-state index in [1.54, 1.807) is 0 Å². The Labute approximate surface area is 104 Å². The molecule has 2 unspecified atom stereocenters. The van der Waals surface area contributed by atoms with E-state index in [-0.39, 0.29) is 6.10 Å². The zero-order chi connectivity index (χ0) is 12.7. The topological polar surface area (TPSA) is 41.5 Å². The maximum absolute atomic E-state index is 9.26. The Morgan fingerprint density at radius 1 is 1.24 bits per heavy atom. The molecule has 0 saturated carbocycles. The van der Waals surface area contributed by atoms with Crippen molar-refractivity contribution in [3.63, 3.8) is 0 Å². The highest BCUT2D eigenvalue weighted by atomic mass is 16.5. The van der Waals surface area contributed by atoms with E-state index in [9.17, 15) is 5.11 Å². The van der Waals surface area contributed by atoms with E-state index in [2.05, 4.69) is 24.4 Å². The second-order valence-corrected chi connectivity index (χ2v) is 4.44. The fraction of sp³-hybridized carbons (Fsp3) is 0.571. The first-order valence-electron chi connectivity index (χ1n) is 6.25. The fourth-order valence-electron chi connectivity index (χ4n) is 1.76. The van der Waals surface area contributed by atoms with Gasteiger partial charge in [-0.1, -0.05) is 12.1 Å². The summed E-state index contributed by atoms with van der Waals surface area (Å²) in [5, 5.41) is 12.6. The Kier molecular flexibility index (Phi) is 6.01. The van der Waals surface area contributed by atoms with Gasteiger partial charge in [0.25, 0.3) is 0 Å². The quantitative estimate of drug-likeness (QED) is 0.765. The smallest absolute Gasteiger partial charge is 0.119 e. The van der Waals surface area contributed by atoms with Crippen LogP contribution in [0.5, 0.6) is 5.75 Å². The average molecular weight is 237 g/mol. The van der Waals surface area contributed by atoms with Crippen LogP contribution in [0.2, 0.25) is 0 Å². The van der Waals surface area contributed by atoms with E-state index in [1.807, 2.05) is 26.0 Å². The molecule has 3 nitrogen and oxygen atoms in total. The van der Waals surface area contributed by atoms with Gasteiger partial charge in [-0.15, -0.1) is 0 Å². The van der Waals surface area contributed by atoms with Gasteiger partial charge in [0.2, 0.25) is 0 Å². The van der Waals surface area contributed by atoms with Crippen LogP contribution in [-0.4, -0.2) is 23.9 Å². The summed E-state index contributed by atoms with van der Waals surface area (Å²) in [6.07, 6.45) is 0.523. The van der Waals surface area contributed by atoms with E-state index in [0.29, 0.717) is 12.6 Å². The standard InChI is InChI=1S/C14H23NO2/c1-4-17-14-7-5-13(6-8-14)10-15-11(2)9-12(3)16/h5-8,11-12,15-16H,4,9-10H2,1-3H3. The van der Waals surface area contributed by atoms with Crippen LogP contribution in [0, 0.1) is 0 Å². The molecular weight excluding hydrogens is 214 g/mol. The molecule has 0 bridgehead atoms. The highest BCUT2D eigenvalue weighted by Gasteiger charge is 2.05. The summed E-state index contributed by atoms with van der Waals surface area (Å²) in [5.41, 5.74) is 1.23. The number of hydrogen-bond acceptors (Lipinski definition) is 3. The van der Waals surface area contributed by atoms with Crippen molar-refractivity contribution in [2.24, 2.45) is 0 Å². The Morgan fingerprint density at radius 3 is 2.41 bits per heavy atom. The first-order valence-corrected chi connectivity index (χ1v) is 6.25. The van der Waals surface area contributed by atoms with Gasteiger partial charge < -0.3 is 15.2 Å². The van der Waals surface area contributed by atoms with Crippen molar-refractivity contribution in [1.82, 2.24) is 5.32 Å². The number of nitrogens with one attached hydrogen (secondary N) is 1. The molecule has 0 fully saturated rings. The van der Waals surface area contributed by atoms with E-state index in [0.717, 1.165) is 18.7 Å². The summed E-state index contributed by atoms with van der Waals surface area (Å²) in [6, 6.07) is 8.42. The molecule has 0 amide bonds. The van der Waals surface area contributed by atoms with Gasteiger partial charge in [-0.05, 0) is 44.9 Å². The van der Waals surface area contributed by atoms with Gasteiger partial charge in [-0.2, -0.15) is 0 Å². The van der Waals surface area contributed by atoms with Gasteiger partial charge >= 0.3 is 0 Å². The number of aliphatic hydroxyl groups excluding tert-OH is 1. The van der Waals surface area contributed by atoms with Gasteiger partial charge in [-0.3, -0.25) is 0 Å². The largest absolute Gasteiger partial charge is 0.494 e. The lowest BCUT2D eigenvalue weighted by Gasteiger charge is -2.15. The number of aliphatic hydroxyl groups is 1. The van der Waals surface area contributed by atoms with Crippen LogP contribution in [-0.2, 0) is 6.54 Å². The van der Waals surface area contributed by atoms with Gasteiger partial charge in [0.1, 0.15) is 5.75 Å². The summed E-state index contributed by atoms with van der Waals surface area (Å²) >= 11 is 0. The third-order valence-corrected chi connectivity index (χ3v) is 2.58. The molecule has 1 rings (SSSR count). The Hall–Kier alpha value is -1.06. The van der Waals surface area contributed by atoms with Crippen LogP contribution < -0.4 is 10.1 Å². The minimum Gasteiger partial charge on any atom is -0.494 e. The number of benzene rings is 1. The molecule has 1 aromatic rings. The van der Waals surface area contributed by atoms with Crippen molar-refractivity contribution in [3.05, 3.63) is 29.8 Å². The Bertz CT molecular complexity index is 309. The van der Waals surface area contributed by atoms with E-state index in [4.69, 9.17) is 4.74 Å². The Balaban J connectivity index is 2.36. The lowest BCUT2D eigenvalue weighted by molar-refractivity contribution is 0.170. The lowest BCUT2D eigenvalue weighted by Crippen LogP contribution is -2.28. The summed E-state index contributed by atoms with van der Waals surface area (Å²) in [7, 11) is 0. The summed E-state index contributed by atoms with van der Waals surface area (Å²) < 4.78 is 5.39. The maximum Gasteiger partial charge on any atom is 0.119 e. The van der Waals surface area contributed by atoms with Crippen LogP contribution in [0.4, 0.5) is 0 Å². The molecule has 0 aliphatic carbocycles. The SMILES string of the molecule is CCOc1ccc(CNC(C)CC(C)O)cc1. The van der Waals surface area contributed by atoms with Crippen LogP contribution >= 0.6 is 0 Å². The summed E-state index contributed by atoms with van der Waals surface area (Å²) in [5.74, 6) is 0.910. The van der Waals surface area contributed by atoms with Gasteiger partial charge in [0.05, 0.1) is 12.7 Å². The van der Waals surface area contributed by atoms with Crippen LogP contribution in [0.15, 0.2) is 24.3 Å². The number of rotatable bonds is 7. The van der Waals surface area contributed by atoms with Crippen LogP contribution in [0.3, 0.4) is 0 Å². The highest BCUT2D eigenvalue weighted by molar-refractivity contribution is 5.27. The predicted molar refractivity (Wildman–Crippen MR) is 70.2 cm³/mol.